The van der Waals surface area contributed by atoms with Crippen molar-refractivity contribution in [2.45, 2.75) is 32.4 Å². The highest BCUT2D eigenvalue weighted by molar-refractivity contribution is 9.10. The maximum atomic E-state index is 11.1. The second-order valence-electron chi connectivity index (χ2n) is 4.12. The predicted molar refractivity (Wildman–Crippen MR) is 71.8 cm³/mol. The van der Waals surface area contributed by atoms with Gasteiger partial charge in [0.1, 0.15) is 0 Å². The number of benzene rings is 1. The minimum absolute atomic E-state index is 0.0939. The largest absolute Gasteiger partial charge is 0.469 e. The zero-order valence-electron chi connectivity index (χ0n) is 10.4. The lowest BCUT2D eigenvalue weighted by molar-refractivity contribution is -0.141. The van der Waals surface area contributed by atoms with Crippen molar-refractivity contribution < 1.29 is 9.53 Å². The van der Waals surface area contributed by atoms with E-state index in [2.05, 4.69) is 45.0 Å². The second-order valence-corrected chi connectivity index (χ2v) is 5.04. The van der Waals surface area contributed by atoms with Gasteiger partial charge in [-0.2, -0.15) is 0 Å². The third-order valence-electron chi connectivity index (χ3n) is 2.58. The number of methoxy groups -OCH3 is 1. The molecule has 0 aliphatic carbocycles. The molecule has 94 valence electrons. The van der Waals surface area contributed by atoms with E-state index in [0.29, 0.717) is 6.42 Å². The smallest absolute Gasteiger partial charge is 0.307 e. The SMILES string of the molecule is COC(=O)CC(C)N[C@@H](C)c1cccc(Br)c1. The van der Waals surface area contributed by atoms with Gasteiger partial charge in [0.25, 0.3) is 0 Å². The molecule has 3 nitrogen and oxygen atoms in total. The Balaban J connectivity index is 2.54. The Morgan fingerprint density at radius 2 is 2.18 bits per heavy atom. The molecule has 0 saturated heterocycles. The number of hydrogen-bond donors (Lipinski definition) is 1. The van der Waals surface area contributed by atoms with Gasteiger partial charge in [-0.1, -0.05) is 28.1 Å². The van der Waals surface area contributed by atoms with Crippen molar-refractivity contribution in [3.63, 3.8) is 0 Å². The van der Waals surface area contributed by atoms with Crippen LogP contribution >= 0.6 is 15.9 Å². The van der Waals surface area contributed by atoms with Crippen molar-refractivity contribution in [1.82, 2.24) is 5.32 Å². The first-order chi connectivity index (χ1) is 8.02. The molecule has 1 aromatic rings. The fourth-order valence-corrected chi connectivity index (χ4v) is 2.11. The molecule has 17 heavy (non-hydrogen) atoms. The van der Waals surface area contributed by atoms with Crippen LogP contribution in [0.2, 0.25) is 0 Å². The summed E-state index contributed by atoms with van der Waals surface area (Å²) in [5.41, 5.74) is 1.19. The summed E-state index contributed by atoms with van der Waals surface area (Å²) < 4.78 is 5.70. The van der Waals surface area contributed by atoms with Crippen LogP contribution in [-0.4, -0.2) is 19.1 Å². The number of hydrogen-bond acceptors (Lipinski definition) is 3. The van der Waals surface area contributed by atoms with Crippen LogP contribution in [0.15, 0.2) is 28.7 Å². The Morgan fingerprint density at radius 1 is 1.47 bits per heavy atom. The lowest BCUT2D eigenvalue weighted by Gasteiger charge is -2.19. The normalized spacial score (nSPS) is 14.1. The Kier molecular flexibility index (Phi) is 5.65. The van der Waals surface area contributed by atoms with Crippen LogP contribution in [0.5, 0.6) is 0 Å². The van der Waals surface area contributed by atoms with Gasteiger partial charge >= 0.3 is 5.97 Å². The van der Waals surface area contributed by atoms with Crippen molar-refractivity contribution in [3.05, 3.63) is 34.3 Å². The third-order valence-corrected chi connectivity index (χ3v) is 3.08. The summed E-state index contributed by atoms with van der Waals surface area (Å²) in [6, 6.07) is 8.43. The van der Waals surface area contributed by atoms with Crippen molar-refractivity contribution >= 4 is 21.9 Å². The summed E-state index contributed by atoms with van der Waals surface area (Å²) in [4.78, 5) is 11.1. The van der Waals surface area contributed by atoms with Crippen LogP contribution in [0.1, 0.15) is 31.9 Å². The van der Waals surface area contributed by atoms with Crippen LogP contribution in [-0.2, 0) is 9.53 Å². The van der Waals surface area contributed by atoms with Crippen molar-refractivity contribution in [1.29, 1.82) is 0 Å². The number of esters is 1. The van der Waals surface area contributed by atoms with E-state index in [9.17, 15) is 4.79 Å². The molecular formula is C13H18BrNO2. The van der Waals surface area contributed by atoms with Crippen LogP contribution in [0.3, 0.4) is 0 Å². The van der Waals surface area contributed by atoms with Gasteiger partial charge in [-0.25, -0.2) is 0 Å². The molecule has 4 heteroatoms. The van der Waals surface area contributed by atoms with E-state index in [4.69, 9.17) is 0 Å². The van der Waals surface area contributed by atoms with Gasteiger partial charge in [0.2, 0.25) is 0 Å². The van der Waals surface area contributed by atoms with Gasteiger partial charge < -0.3 is 10.1 Å². The standard InChI is InChI=1S/C13H18BrNO2/c1-9(7-13(16)17-3)15-10(2)11-5-4-6-12(14)8-11/h4-6,8-10,15H,7H2,1-3H3/t9?,10-/m0/s1. The van der Waals surface area contributed by atoms with Gasteiger partial charge in [0, 0.05) is 16.6 Å². The summed E-state index contributed by atoms with van der Waals surface area (Å²) in [7, 11) is 1.41. The Morgan fingerprint density at radius 3 is 2.76 bits per heavy atom. The number of nitrogens with one attached hydrogen (secondary N) is 1. The highest BCUT2D eigenvalue weighted by Gasteiger charge is 2.13. The molecule has 0 amide bonds. The van der Waals surface area contributed by atoms with Gasteiger partial charge in [-0.15, -0.1) is 0 Å². The summed E-state index contributed by atoms with van der Waals surface area (Å²) in [5, 5.41) is 3.37. The average Bonchev–Trinajstić information content (AvgIpc) is 2.28. The predicted octanol–water partition coefficient (Wildman–Crippen LogP) is 3.05. The highest BCUT2D eigenvalue weighted by atomic mass is 79.9. The van der Waals surface area contributed by atoms with Crippen molar-refractivity contribution in [2.75, 3.05) is 7.11 Å². The van der Waals surface area contributed by atoms with Crippen LogP contribution in [0.4, 0.5) is 0 Å². The van der Waals surface area contributed by atoms with E-state index in [-0.39, 0.29) is 18.1 Å². The zero-order chi connectivity index (χ0) is 12.8. The van der Waals surface area contributed by atoms with Crippen LogP contribution < -0.4 is 5.32 Å². The summed E-state index contributed by atoms with van der Waals surface area (Å²) in [5.74, 6) is -0.188. The van der Waals surface area contributed by atoms with Crippen LogP contribution in [0.25, 0.3) is 0 Å². The summed E-state index contributed by atoms with van der Waals surface area (Å²) >= 11 is 3.45. The van der Waals surface area contributed by atoms with E-state index in [1.807, 2.05) is 19.1 Å². The first-order valence-electron chi connectivity index (χ1n) is 5.61. The number of carbonyl (C=O) groups excluding carboxylic acids is 1. The molecule has 1 aromatic carbocycles. The topological polar surface area (TPSA) is 38.3 Å². The van der Waals surface area contributed by atoms with Gasteiger partial charge in [-0.05, 0) is 31.5 Å². The maximum absolute atomic E-state index is 11.1. The fraction of sp³-hybridized carbons (Fsp3) is 0.462. The molecule has 1 unspecified atom stereocenters. The molecule has 0 spiro atoms. The van der Waals surface area contributed by atoms with E-state index in [1.165, 1.54) is 12.7 Å². The monoisotopic (exact) mass is 299 g/mol. The quantitative estimate of drug-likeness (QED) is 0.849. The Bertz CT molecular complexity index is 381. The molecule has 0 aliphatic rings. The fourth-order valence-electron chi connectivity index (χ4n) is 1.69. The molecule has 2 atom stereocenters. The molecule has 1 rings (SSSR count). The highest BCUT2D eigenvalue weighted by Crippen LogP contribution is 2.18. The van der Waals surface area contributed by atoms with Crippen molar-refractivity contribution in [3.8, 4) is 0 Å². The van der Waals surface area contributed by atoms with E-state index in [0.717, 1.165) is 4.47 Å². The first-order valence-corrected chi connectivity index (χ1v) is 6.40. The van der Waals surface area contributed by atoms with E-state index in [1.54, 1.807) is 0 Å². The Labute approximate surface area is 111 Å². The van der Waals surface area contributed by atoms with E-state index < -0.39 is 0 Å². The lowest BCUT2D eigenvalue weighted by atomic mass is 10.1. The van der Waals surface area contributed by atoms with Crippen LogP contribution in [0, 0.1) is 0 Å². The Hall–Kier alpha value is -0.870. The minimum Gasteiger partial charge on any atom is -0.469 e. The molecule has 0 bridgehead atoms. The zero-order valence-corrected chi connectivity index (χ0v) is 12.0. The van der Waals surface area contributed by atoms with Crippen molar-refractivity contribution in [2.24, 2.45) is 0 Å². The molecule has 0 heterocycles. The molecular weight excluding hydrogens is 282 g/mol. The number of rotatable bonds is 5. The molecule has 0 aliphatic heterocycles. The average molecular weight is 300 g/mol. The number of carbonyl (C=O) groups is 1. The number of halogens is 1. The summed E-state index contributed by atoms with van der Waals surface area (Å²) in [6.45, 7) is 4.06. The molecule has 0 aromatic heterocycles. The minimum atomic E-state index is -0.188. The molecule has 0 radical (unpaired) electrons. The van der Waals surface area contributed by atoms with E-state index >= 15 is 0 Å². The third kappa shape index (κ3) is 4.88. The second kappa shape index (κ2) is 6.77. The molecule has 0 fully saturated rings. The van der Waals surface area contributed by atoms with Gasteiger partial charge in [0.05, 0.1) is 13.5 Å². The van der Waals surface area contributed by atoms with Gasteiger partial charge in [0.15, 0.2) is 0 Å². The van der Waals surface area contributed by atoms with Gasteiger partial charge in [-0.3, -0.25) is 4.79 Å². The first kappa shape index (κ1) is 14.2. The lowest BCUT2D eigenvalue weighted by Crippen LogP contribution is -2.31. The summed E-state index contributed by atoms with van der Waals surface area (Å²) in [6.07, 6.45) is 0.384. The maximum Gasteiger partial charge on any atom is 0.307 e. The molecule has 1 N–H and O–H groups in total. The molecule has 0 saturated carbocycles. The number of ether oxygens (including phenoxy) is 1.